The summed E-state index contributed by atoms with van der Waals surface area (Å²) >= 11 is 0. The summed E-state index contributed by atoms with van der Waals surface area (Å²) < 4.78 is 5.03. The maximum absolute atomic E-state index is 11.8. The first-order chi connectivity index (χ1) is 7.52. The van der Waals surface area contributed by atoms with Crippen LogP contribution in [0.3, 0.4) is 0 Å². The van der Waals surface area contributed by atoms with Crippen LogP contribution in [0.1, 0.15) is 18.6 Å². The van der Waals surface area contributed by atoms with Crippen molar-refractivity contribution in [3.63, 3.8) is 0 Å². The largest absolute Gasteiger partial charge is 0.447 e. The average molecular weight is 221 g/mol. The molecular formula is C12H15NO3. The molecule has 1 aromatic rings. The second-order valence-corrected chi connectivity index (χ2v) is 3.63. The van der Waals surface area contributed by atoms with Crippen molar-refractivity contribution < 1.29 is 14.3 Å². The normalized spacial score (nSPS) is 11.7. The lowest BCUT2D eigenvalue weighted by atomic mass is 10.1. The van der Waals surface area contributed by atoms with Crippen molar-refractivity contribution >= 4 is 11.9 Å². The molecule has 0 spiro atoms. The van der Waals surface area contributed by atoms with E-state index >= 15 is 0 Å². The number of benzene rings is 1. The molecule has 0 aromatic heterocycles. The van der Waals surface area contributed by atoms with Crippen LogP contribution in [0, 0.1) is 0 Å². The first-order valence-corrected chi connectivity index (χ1v) is 4.95. The van der Waals surface area contributed by atoms with Crippen molar-refractivity contribution in [3.8, 4) is 0 Å². The minimum atomic E-state index is -0.853. The van der Waals surface area contributed by atoms with Crippen LogP contribution >= 0.6 is 0 Å². The molecule has 4 heteroatoms. The quantitative estimate of drug-likeness (QED) is 0.724. The molecule has 1 atom stereocenters. The molecule has 0 saturated heterocycles. The molecular weight excluding hydrogens is 206 g/mol. The summed E-state index contributed by atoms with van der Waals surface area (Å²) in [6, 6.07) is 8.96. The zero-order valence-electron chi connectivity index (χ0n) is 9.64. The summed E-state index contributed by atoms with van der Waals surface area (Å²) in [5.74, 6) is -0.717. The highest BCUT2D eigenvalue weighted by Crippen LogP contribution is 2.19. The number of likely N-dealkylation sites (N-methyl/N-ethyl adjacent to an activating group) is 1. The fourth-order valence-corrected chi connectivity index (χ4v) is 1.29. The van der Waals surface area contributed by atoms with Gasteiger partial charge in [0.2, 0.25) is 6.10 Å². The molecule has 0 heterocycles. The molecule has 1 rings (SSSR count). The van der Waals surface area contributed by atoms with Gasteiger partial charge >= 0.3 is 5.97 Å². The van der Waals surface area contributed by atoms with E-state index in [4.69, 9.17) is 4.74 Å². The van der Waals surface area contributed by atoms with Crippen molar-refractivity contribution in [3.05, 3.63) is 35.9 Å². The van der Waals surface area contributed by atoms with Crippen molar-refractivity contribution in [1.82, 2.24) is 4.90 Å². The molecule has 0 N–H and O–H groups in total. The Hall–Kier alpha value is -1.84. The van der Waals surface area contributed by atoms with E-state index in [1.54, 1.807) is 38.4 Å². The fraction of sp³-hybridized carbons (Fsp3) is 0.333. The van der Waals surface area contributed by atoms with Gasteiger partial charge in [-0.25, -0.2) is 0 Å². The Bertz CT molecular complexity index is 373. The Kier molecular flexibility index (Phi) is 4.05. The van der Waals surface area contributed by atoms with E-state index in [1.165, 1.54) is 11.8 Å². The number of nitrogens with zero attached hydrogens (tertiary/aromatic N) is 1. The Morgan fingerprint density at radius 1 is 1.19 bits per heavy atom. The molecule has 0 aliphatic carbocycles. The SMILES string of the molecule is CC(=O)O[C@H](C(=O)N(C)C)c1ccccc1. The minimum Gasteiger partial charge on any atom is -0.447 e. The molecule has 86 valence electrons. The summed E-state index contributed by atoms with van der Waals surface area (Å²) in [5, 5.41) is 0. The summed E-state index contributed by atoms with van der Waals surface area (Å²) in [6.07, 6.45) is -0.853. The summed E-state index contributed by atoms with van der Waals surface area (Å²) in [7, 11) is 3.25. The fourth-order valence-electron chi connectivity index (χ4n) is 1.29. The molecule has 0 aliphatic rings. The van der Waals surface area contributed by atoms with Crippen LogP contribution in [-0.4, -0.2) is 30.9 Å². The summed E-state index contributed by atoms with van der Waals surface area (Å²) in [5.41, 5.74) is 0.677. The van der Waals surface area contributed by atoms with Crippen molar-refractivity contribution in [2.45, 2.75) is 13.0 Å². The Labute approximate surface area is 94.8 Å². The lowest BCUT2D eigenvalue weighted by molar-refractivity contribution is -0.157. The monoisotopic (exact) mass is 221 g/mol. The van der Waals surface area contributed by atoms with E-state index in [2.05, 4.69) is 0 Å². The molecule has 1 amide bonds. The number of carbonyl (C=O) groups is 2. The van der Waals surface area contributed by atoms with Gasteiger partial charge in [-0.15, -0.1) is 0 Å². The Morgan fingerprint density at radius 3 is 2.19 bits per heavy atom. The van der Waals surface area contributed by atoms with Gasteiger partial charge in [-0.1, -0.05) is 30.3 Å². The van der Waals surface area contributed by atoms with Crippen LogP contribution in [-0.2, 0) is 14.3 Å². The average Bonchev–Trinajstić information content (AvgIpc) is 2.26. The summed E-state index contributed by atoms with van der Waals surface area (Å²) in [4.78, 5) is 24.2. The zero-order chi connectivity index (χ0) is 12.1. The maximum Gasteiger partial charge on any atom is 0.303 e. The number of ether oxygens (including phenoxy) is 1. The van der Waals surface area contributed by atoms with Gasteiger partial charge in [0, 0.05) is 26.6 Å². The second-order valence-electron chi connectivity index (χ2n) is 3.63. The first-order valence-electron chi connectivity index (χ1n) is 4.95. The predicted molar refractivity (Wildman–Crippen MR) is 59.6 cm³/mol. The third kappa shape index (κ3) is 3.08. The van der Waals surface area contributed by atoms with E-state index in [0.717, 1.165) is 0 Å². The van der Waals surface area contributed by atoms with Gasteiger partial charge in [0.05, 0.1) is 0 Å². The molecule has 0 bridgehead atoms. The van der Waals surface area contributed by atoms with Gasteiger partial charge in [0.1, 0.15) is 0 Å². The molecule has 16 heavy (non-hydrogen) atoms. The smallest absolute Gasteiger partial charge is 0.303 e. The highest BCUT2D eigenvalue weighted by atomic mass is 16.5. The van der Waals surface area contributed by atoms with Gasteiger partial charge in [0.15, 0.2) is 0 Å². The Balaban J connectivity index is 2.96. The van der Waals surface area contributed by atoms with E-state index < -0.39 is 12.1 Å². The number of hydrogen-bond acceptors (Lipinski definition) is 3. The third-order valence-electron chi connectivity index (χ3n) is 2.05. The van der Waals surface area contributed by atoms with Gasteiger partial charge in [-0.2, -0.15) is 0 Å². The molecule has 0 fully saturated rings. The highest BCUT2D eigenvalue weighted by Gasteiger charge is 2.24. The van der Waals surface area contributed by atoms with Crippen LogP contribution in [0.15, 0.2) is 30.3 Å². The first kappa shape index (κ1) is 12.2. The second kappa shape index (κ2) is 5.30. The van der Waals surface area contributed by atoms with Crippen molar-refractivity contribution in [2.24, 2.45) is 0 Å². The van der Waals surface area contributed by atoms with Crippen LogP contribution in [0.4, 0.5) is 0 Å². The minimum absolute atomic E-state index is 0.249. The van der Waals surface area contributed by atoms with Crippen LogP contribution in [0.5, 0.6) is 0 Å². The number of hydrogen-bond donors (Lipinski definition) is 0. The van der Waals surface area contributed by atoms with Crippen LogP contribution in [0.25, 0.3) is 0 Å². The van der Waals surface area contributed by atoms with E-state index in [1.807, 2.05) is 6.07 Å². The molecule has 0 radical (unpaired) electrons. The topological polar surface area (TPSA) is 46.6 Å². The highest BCUT2D eigenvalue weighted by molar-refractivity contribution is 5.84. The molecule has 1 aromatic carbocycles. The van der Waals surface area contributed by atoms with E-state index in [0.29, 0.717) is 5.56 Å². The maximum atomic E-state index is 11.8. The predicted octanol–water partition coefficient (Wildman–Crippen LogP) is 1.38. The van der Waals surface area contributed by atoms with Gasteiger partial charge in [-0.3, -0.25) is 9.59 Å². The van der Waals surface area contributed by atoms with Crippen LogP contribution < -0.4 is 0 Å². The van der Waals surface area contributed by atoms with Crippen molar-refractivity contribution in [1.29, 1.82) is 0 Å². The van der Waals surface area contributed by atoms with Crippen molar-refractivity contribution in [2.75, 3.05) is 14.1 Å². The zero-order valence-corrected chi connectivity index (χ0v) is 9.64. The van der Waals surface area contributed by atoms with E-state index in [-0.39, 0.29) is 5.91 Å². The van der Waals surface area contributed by atoms with Gasteiger partial charge < -0.3 is 9.64 Å². The number of amides is 1. The lowest BCUT2D eigenvalue weighted by Gasteiger charge is -2.20. The standard InChI is InChI=1S/C12H15NO3/c1-9(14)16-11(12(15)13(2)3)10-7-5-4-6-8-10/h4-8,11H,1-3H3/t11-/m0/s1. The number of rotatable bonds is 3. The Morgan fingerprint density at radius 2 is 1.75 bits per heavy atom. The molecule has 0 unspecified atom stereocenters. The van der Waals surface area contributed by atoms with Gasteiger partial charge in [0.25, 0.3) is 5.91 Å². The number of carbonyl (C=O) groups excluding carboxylic acids is 2. The summed E-state index contributed by atoms with van der Waals surface area (Å²) in [6.45, 7) is 1.29. The lowest BCUT2D eigenvalue weighted by Crippen LogP contribution is -2.30. The molecule has 0 aliphatic heterocycles. The molecule has 4 nitrogen and oxygen atoms in total. The molecule has 0 saturated carbocycles. The third-order valence-corrected chi connectivity index (χ3v) is 2.05. The van der Waals surface area contributed by atoms with Crippen LogP contribution in [0.2, 0.25) is 0 Å². The van der Waals surface area contributed by atoms with Gasteiger partial charge in [-0.05, 0) is 0 Å². The van der Waals surface area contributed by atoms with E-state index in [9.17, 15) is 9.59 Å². The number of esters is 1.